The predicted molar refractivity (Wildman–Crippen MR) is 70.8 cm³/mol. The van der Waals surface area contributed by atoms with Gasteiger partial charge in [0, 0.05) is 0 Å². The lowest BCUT2D eigenvalue weighted by Gasteiger charge is -2.21. The molecule has 0 saturated heterocycles. The first kappa shape index (κ1) is 14.5. The minimum atomic E-state index is -0.898. The lowest BCUT2D eigenvalue weighted by molar-refractivity contribution is -0.148. The molecular weight excluding hydrogens is 230 g/mol. The fourth-order valence-corrected chi connectivity index (χ4v) is 1.52. The van der Waals surface area contributed by atoms with Crippen LogP contribution in [0.3, 0.4) is 0 Å². The van der Waals surface area contributed by atoms with Gasteiger partial charge in [-0.05, 0) is 45.4 Å². The first-order chi connectivity index (χ1) is 8.36. The highest BCUT2D eigenvalue weighted by atomic mass is 16.5. The molecule has 0 spiro atoms. The van der Waals surface area contributed by atoms with Crippen molar-refractivity contribution < 1.29 is 14.6 Å². The number of benzene rings is 1. The number of rotatable bonds is 6. The van der Waals surface area contributed by atoms with E-state index in [0.29, 0.717) is 6.54 Å². The van der Waals surface area contributed by atoms with E-state index in [1.54, 1.807) is 13.8 Å². The van der Waals surface area contributed by atoms with E-state index in [-0.39, 0.29) is 6.61 Å². The SMILES string of the molecule is Cc1ccc(OCC(C)(C)C(=O)O)c(CCN)c1. The van der Waals surface area contributed by atoms with Gasteiger partial charge in [0.1, 0.15) is 12.4 Å². The highest BCUT2D eigenvalue weighted by Crippen LogP contribution is 2.24. The number of aliphatic carboxylic acids is 1. The zero-order valence-corrected chi connectivity index (χ0v) is 11.2. The van der Waals surface area contributed by atoms with Crippen molar-refractivity contribution in [3.63, 3.8) is 0 Å². The first-order valence-corrected chi connectivity index (χ1v) is 6.02. The fraction of sp³-hybridized carbons (Fsp3) is 0.500. The van der Waals surface area contributed by atoms with Crippen molar-refractivity contribution in [2.75, 3.05) is 13.2 Å². The van der Waals surface area contributed by atoms with Crippen LogP contribution in [0.25, 0.3) is 0 Å². The van der Waals surface area contributed by atoms with Gasteiger partial charge in [-0.1, -0.05) is 17.7 Å². The molecule has 1 aromatic rings. The Morgan fingerprint density at radius 3 is 2.67 bits per heavy atom. The average molecular weight is 251 g/mol. The average Bonchev–Trinajstić information content (AvgIpc) is 2.28. The number of carbonyl (C=O) groups is 1. The summed E-state index contributed by atoms with van der Waals surface area (Å²) in [5.41, 5.74) is 6.83. The summed E-state index contributed by atoms with van der Waals surface area (Å²) in [5.74, 6) is -0.143. The molecule has 0 aromatic heterocycles. The minimum absolute atomic E-state index is 0.142. The van der Waals surface area contributed by atoms with E-state index in [1.807, 2.05) is 25.1 Å². The Morgan fingerprint density at radius 1 is 1.44 bits per heavy atom. The summed E-state index contributed by atoms with van der Waals surface area (Å²) in [7, 11) is 0. The molecule has 0 fully saturated rings. The van der Waals surface area contributed by atoms with Crippen LogP contribution in [0.2, 0.25) is 0 Å². The van der Waals surface area contributed by atoms with Crippen LogP contribution < -0.4 is 10.5 Å². The first-order valence-electron chi connectivity index (χ1n) is 6.02. The number of nitrogens with two attached hydrogens (primary N) is 1. The molecule has 100 valence electrons. The van der Waals surface area contributed by atoms with E-state index in [9.17, 15) is 4.79 Å². The van der Waals surface area contributed by atoms with Gasteiger partial charge in [0.15, 0.2) is 0 Å². The maximum atomic E-state index is 11.0. The number of hydrogen-bond acceptors (Lipinski definition) is 3. The molecule has 4 nitrogen and oxygen atoms in total. The van der Waals surface area contributed by atoms with Gasteiger partial charge in [-0.15, -0.1) is 0 Å². The van der Waals surface area contributed by atoms with Crippen LogP contribution in [-0.4, -0.2) is 24.2 Å². The predicted octanol–water partition coefficient (Wildman–Crippen LogP) is 1.99. The van der Waals surface area contributed by atoms with Crippen LogP contribution in [0.1, 0.15) is 25.0 Å². The van der Waals surface area contributed by atoms with Crippen LogP contribution in [0, 0.1) is 12.3 Å². The van der Waals surface area contributed by atoms with E-state index in [0.717, 1.165) is 23.3 Å². The Hall–Kier alpha value is -1.55. The third-order valence-electron chi connectivity index (χ3n) is 2.80. The van der Waals surface area contributed by atoms with Gasteiger partial charge in [0.05, 0.1) is 5.41 Å². The molecule has 1 aromatic carbocycles. The Balaban J connectivity index is 2.81. The van der Waals surface area contributed by atoms with Gasteiger partial charge in [-0.2, -0.15) is 0 Å². The van der Waals surface area contributed by atoms with E-state index in [1.165, 1.54) is 0 Å². The summed E-state index contributed by atoms with van der Waals surface area (Å²) in [5, 5.41) is 9.04. The molecule has 0 atom stereocenters. The van der Waals surface area contributed by atoms with Crippen LogP contribution >= 0.6 is 0 Å². The topological polar surface area (TPSA) is 72.5 Å². The highest BCUT2D eigenvalue weighted by molar-refractivity contribution is 5.73. The molecule has 0 aliphatic rings. The molecule has 3 N–H and O–H groups in total. The molecular formula is C14H21NO3. The lowest BCUT2D eigenvalue weighted by atomic mass is 9.95. The van der Waals surface area contributed by atoms with Gasteiger partial charge in [0.2, 0.25) is 0 Å². The third-order valence-corrected chi connectivity index (χ3v) is 2.80. The van der Waals surface area contributed by atoms with E-state index < -0.39 is 11.4 Å². The van der Waals surface area contributed by atoms with Crippen molar-refractivity contribution in [1.82, 2.24) is 0 Å². The minimum Gasteiger partial charge on any atom is -0.492 e. The number of carboxylic acid groups (broad SMARTS) is 1. The molecule has 4 heteroatoms. The van der Waals surface area contributed by atoms with Gasteiger partial charge >= 0.3 is 5.97 Å². The van der Waals surface area contributed by atoms with Crippen molar-refractivity contribution >= 4 is 5.97 Å². The van der Waals surface area contributed by atoms with Gasteiger partial charge < -0.3 is 15.6 Å². The molecule has 1 rings (SSSR count). The van der Waals surface area contributed by atoms with E-state index in [2.05, 4.69) is 0 Å². The van der Waals surface area contributed by atoms with Crippen LogP contribution in [0.15, 0.2) is 18.2 Å². The normalized spacial score (nSPS) is 11.3. The quantitative estimate of drug-likeness (QED) is 0.811. The maximum Gasteiger partial charge on any atom is 0.312 e. The standard InChI is InChI=1S/C14H21NO3/c1-10-4-5-12(11(8-10)6-7-15)18-9-14(2,3)13(16)17/h4-5,8H,6-7,9,15H2,1-3H3,(H,16,17). The second kappa shape index (κ2) is 5.87. The Labute approximate surface area is 108 Å². The second-order valence-corrected chi connectivity index (χ2v) is 5.13. The summed E-state index contributed by atoms with van der Waals surface area (Å²) in [6.45, 7) is 5.98. The molecule has 0 bridgehead atoms. The molecule has 0 unspecified atom stereocenters. The van der Waals surface area contributed by atoms with Gasteiger partial charge in [-0.3, -0.25) is 4.79 Å². The Kier molecular flexibility index (Phi) is 4.73. The number of ether oxygens (including phenoxy) is 1. The molecule has 0 aliphatic carbocycles. The maximum absolute atomic E-state index is 11.0. The number of aryl methyl sites for hydroxylation is 1. The lowest BCUT2D eigenvalue weighted by Crippen LogP contribution is -2.30. The molecule has 18 heavy (non-hydrogen) atoms. The highest BCUT2D eigenvalue weighted by Gasteiger charge is 2.28. The summed E-state index contributed by atoms with van der Waals surface area (Å²) >= 11 is 0. The molecule has 0 radical (unpaired) electrons. The summed E-state index contributed by atoms with van der Waals surface area (Å²) in [6, 6.07) is 5.84. The second-order valence-electron chi connectivity index (χ2n) is 5.13. The summed E-state index contributed by atoms with van der Waals surface area (Å²) in [4.78, 5) is 11.0. The van der Waals surface area contributed by atoms with E-state index >= 15 is 0 Å². The van der Waals surface area contributed by atoms with Crippen LogP contribution in [0.4, 0.5) is 0 Å². The van der Waals surface area contributed by atoms with Gasteiger partial charge in [0.25, 0.3) is 0 Å². The van der Waals surface area contributed by atoms with Crippen molar-refractivity contribution in [3.05, 3.63) is 29.3 Å². The summed E-state index contributed by atoms with van der Waals surface area (Å²) < 4.78 is 5.63. The zero-order chi connectivity index (χ0) is 13.8. The smallest absolute Gasteiger partial charge is 0.312 e. The largest absolute Gasteiger partial charge is 0.492 e. The van der Waals surface area contributed by atoms with Crippen molar-refractivity contribution in [2.45, 2.75) is 27.2 Å². The molecule has 0 amide bonds. The number of carboxylic acids is 1. The fourth-order valence-electron chi connectivity index (χ4n) is 1.52. The van der Waals surface area contributed by atoms with Gasteiger partial charge in [-0.25, -0.2) is 0 Å². The molecule has 0 aliphatic heterocycles. The third kappa shape index (κ3) is 3.74. The Bertz CT molecular complexity index is 427. The van der Waals surface area contributed by atoms with Crippen LogP contribution in [0.5, 0.6) is 5.75 Å². The van der Waals surface area contributed by atoms with Crippen LogP contribution in [-0.2, 0) is 11.2 Å². The molecule has 0 heterocycles. The van der Waals surface area contributed by atoms with Crippen molar-refractivity contribution in [1.29, 1.82) is 0 Å². The Morgan fingerprint density at radius 2 is 2.11 bits per heavy atom. The number of hydrogen-bond donors (Lipinski definition) is 2. The van der Waals surface area contributed by atoms with Crippen molar-refractivity contribution in [2.24, 2.45) is 11.1 Å². The van der Waals surface area contributed by atoms with E-state index in [4.69, 9.17) is 15.6 Å². The molecule has 0 saturated carbocycles. The summed E-state index contributed by atoms with van der Waals surface area (Å²) in [6.07, 6.45) is 0.727. The van der Waals surface area contributed by atoms with Crippen molar-refractivity contribution in [3.8, 4) is 5.75 Å². The zero-order valence-electron chi connectivity index (χ0n) is 11.2. The monoisotopic (exact) mass is 251 g/mol.